The van der Waals surface area contributed by atoms with E-state index in [1.807, 2.05) is 0 Å². The van der Waals surface area contributed by atoms with Gasteiger partial charge >= 0.3 is 11.5 Å². The average molecular weight is 239 g/mol. The molecule has 0 fully saturated rings. The maximum atomic E-state index is 11.8. The summed E-state index contributed by atoms with van der Waals surface area (Å²) in [6, 6.07) is 2.84. The van der Waals surface area contributed by atoms with E-state index < -0.39 is 11.5 Å². The van der Waals surface area contributed by atoms with Gasteiger partial charge in [-0.1, -0.05) is 0 Å². The lowest BCUT2D eigenvalue weighted by Gasteiger charge is -2.07. The molecular formula is C8H8F3NO2S. The summed E-state index contributed by atoms with van der Waals surface area (Å²) >= 11 is -0.162. The number of carboxylic acids is 1. The fourth-order valence-electron chi connectivity index (χ4n) is 1.06. The smallest absolute Gasteiger partial charge is 0.441 e. The number of rotatable bonds is 4. The lowest BCUT2D eigenvalue weighted by Crippen LogP contribution is -2.11. The molecule has 15 heavy (non-hydrogen) atoms. The van der Waals surface area contributed by atoms with Gasteiger partial charge in [-0.05, 0) is 23.9 Å². The first-order valence-corrected chi connectivity index (χ1v) is 4.98. The van der Waals surface area contributed by atoms with E-state index in [-0.39, 0.29) is 29.8 Å². The molecule has 1 rings (SSSR count). The first kappa shape index (κ1) is 12.0. The third-order valence-electron chi connectivity index (χ3n) is 1.65. The van der Waals surface area contributed by atoms with E-state index in [9.17, 15) is 18.0 Å². The van der Waals surface area contributed by atoms with Crippen molar-refractivity contribution in [2.24, 2.45) is 0 Å². The molecule has 0 saturated heterocycles. The van der Waals surface area contributed by atoms with E-state index >= 15 is 0 Å². The van der Waals surface area contributed by atoms with Crippen LogP contribution in [0.4, 0.5) is 13.2 Å². The molecule has 1 N–H and O–H groups in total. The van der Waals surface area contributed by atoms with Gasteiger partial charge in [0, 0.05) is 18.5 Å². The Morgan fingerprint density at radius 3 is 2.73 bits per heavy atom. The third kappa shape index (κ3) is 3.86. The minimum absolute atomic E-state index is 0.00206. The summed E-state index contributed by atoms with van der Waals surface area (Å²) in [6.45, 7) is 0.0266. The number of aromatic carboxylic acids is 1. The molecule has 0 saturated carbocycles. The van der Waals surface area contributed by atoms with Gasteiger partial charge in [0.2, 0.25) is 0 Å². The van der Waals surface area contributed by atoms with Crippen molar-refractivity contribution in [2.75, 3.05) is 5.75 Å². The minimum atomic E-state index is -4.27. The Bertz CT molecular complexity index is 348. The van der Waals surface area contributed by atoms with Gasteiger partial charge in [-0.2, -0.15) is 13.2 Å². The van der Waals surface area contributed by atoms with Crippen LogP contribution in [0.25, 0.3) is 0 Å². The van der Waals surface area contributed by atoms with Crippen molar-refractivity contribution >= 4 is 17.7 Å². The molecule has 7 heteroatoms. The number of hydrogen-bond acceptors (Lipinski definition) is 2. The third-order valence-corrected chi connectivity index (χ3v) is 2.36. The highest BCUT2D eigenvalue weighted by atomic mass is 32.2. The Labute approximate surface area is 87.9 Å². The van der Waals surface area contributed by atoms with Crippen LogP contribution in [-0.4, -0.2) is 26.9 Å². The number of nitrogens with zero attached hydrogens (tertiary/aromatic N) is 1. The van der Waals surface area contributed by atoms with Gasteiger partial charge in [0.25, 0.3) is 0 Å². The van der Waals surface area contributed by atoms with Crippen molar-refractivity contribution in [3.05, 3.63) is 24.0 Å². The van der Waals surface area contributed by atoms with Gasteiger partial charge in [0.1, 0.15) is 5.69 Å². The van der Waals surface area contributed by atoms with Crippen molar-refractivity contribution in [1.82, 2.24) is 4.57 Å². The molecular weight excluding hydrogens is 231 g/mol. The molecule has 0 aromatic carbocycles. The predicted octanol–water partition coefficient (Wildman–Crippen LogP) is 2.44. The monoisotopic (exact) mass is 239 g/mol. The van der Waals surface area contributed by atoms with Crippen LogP contribution in [0.3, 0.4) is 0 Å². The second-order valence-corrected chi connectivity index (χ2v) is 3.85. The van der Waals surface area contributed by atoms with E-state index in [0.717, 1.165) is 0 Å². The zero-order valence-electron chi connectivity index (χ0n) is 7.49. The number of aromatic nitrogens is 1. The number of halogens is 3. The Balaban J connectivity index is 2.51. The van der Waals surface area contributed by atoms with Crippen molar-refractivity contribution in [3.63, 3.8) is 0 Å². The number of aryl methyl sites for hydroxylation is 1. The van der Waals surface area contributed by atoms with Crippen LogP contribution < -0.4 is 0 Å². The first-order chi connectivity index (χ1) is 6.90. The number of carbonyl (C=O) groups is 1. The number of thioether (sulfide) groups is 1. The molecule has 1 aromatic rings. The fourth-order valence-corrected chi connectivity index (χ4v) is 1.58. The molecule has 1 aromatic heterocycles. The van der Waals surface area contributed by atoms with Crippen LogP contribution in [0.2, 0.25) is 0 Å². The summed E-state index contributed by atoms with van der Waals surface area (Å²) in [4.78, 5) is 10.6. The zero-order valence-corrected chi connectivity index (χ0v) is 8.31. The molecule has 0 radical (unpaired) electrons. The van der Waals surface area contributed by atoms with Crippen LogP contribution in [0.15, 0.2) is 18.3 Å². The van der Waals surface area contributed by atoms with Gasteiger partial charge in [0.15, 0.2) is 0 Å². The number of carboxylic acid groups (broad SMARTS) is 1. The van der Waals surface area contributed by atoms with Crippen molar-refractivity contribution in [3.8, 4) is 0 Å². The molecule has 0 bridgehead atoms. The Morgan fingerprint density at radius 1 is 1.53 bits per heavy atom. The van der Waals surface area contributed by atoms with Gasteiger partial charge < -0.3 is 9.67 Å². The molecule has 0 aliphatic heterocycles. The Kier molecular flexibility index (Phi) is 3.67. The average Bonchev–Trinajstić information content (AvgIpc) is 2.49. The lowest BCUT2D eigenvalue weighted by atomic mass is 10.4. The topological polar surface area (TPSA) is 42.2 Å². The van der Waals surface area contributed by atoms with Crippen molar-refractivity contribution in [2.45, 2.75) is 12.1 Å². The van der Waals surface area contributed by atoms with Crippen molar-refractivity contribution in [1.29, 1.82) is 0 Å². The van der Waals surface area contributed by atoms with E-state index in [1.165, 1.54) is 22.9 Å². The van der Waals surface area contributed by atoms with Gasteiger partial charge in [-0.25, -0.2) is 4.79 Å². The summed E-state index contributed by atoms with van der Waals surface area (Å²) < 4.78 is 36.6. The predicted molar refractivity (Wildman–Crippen MR) is 49.9 cm³/mol. The standard InChI is InChI=1S/C8H8F3NO2S/c9-8(10,11)15-5-4-12-3-1-2-6(12)7(13)14/h1-3H,4-5H2,(H,13,14). The summed E-state index contributed by atoms with van der Waals surface area (Å²) in [7, 11) is 0. The maximum absolute atomic E-state index is 11.8. The second kappa shape index (κ2) is 4.61. The number of alkyl halides is 3. The van der Waals surface area contributed by atoms with E-state index in [4.69, 9.17) is 5.11 Å². The van der Waals surface area contributed by atoms with Crippen LogP contribution in [0, 0.1) is 0 Å². The molecule has 3 nitrogen and oxygen atoms in total. The zero-order chi connectivity index (χ0) is 11.5. The minimum Gasteiger partial charge on any atom is -0.477 e. The first-order valence-electron chi connectivity index (χ1n) is 3.99. The highest BCUT2D eigenvalue weighted by molar-refractivity contribution is 8.00. The van der Waals surface area contributed by atoms with Gasteiger partial charge in [-0.3, -0.25) is 0 Å². The fraction of sp³-hybridized carbons (Fsp3) is 0.375. The number of hydrogen-bond donors (Lipinski definition) is 1. The maximum Gasteiger partial charge on any atom is 0.441 e. The molecule has 0 amide bonds. The SMILES string of the molecule is O=C(O)c1cccn1CCSC(F)(F)F. The summed E-state index contributed by atoms with van der Waals surface area (Å²) in [5.74, 6) is -1.34. The van der Waals surface area contributed by atoms with Crippen LogP contribution in [-0.2, 0) is 6.54 Å². The van der Waals surface area contributed by atoms with Gasteiger partial charge in [0.05, 0.1) is 0 Å². The second-order valence-electron chi connectivity index (χ2n) is 2.69. The molecule has 84 valence electrons. The van der Waals surface area contributed by atoms with Gasteiger partial charge in [-0.15, -0.1) is 0 Å². The lowest BCUT2D eigenvalue weighted by molar-refractivity contribution is -0.0328. The van der Waals surface area contributed by atoms with Crippen LogP contribution in [0.1, 0.15) is 10.5 Å². The molecule has 0 aliphatic carbocycles. The largest absolute Gasteiger partial charge is 0.477 e. The van der Waals surface area contributed by atoms with Crippen LogP contribution >= 0.6 is 11.8 Å². The molecule has 1 heterocycles. The highest BCUT2D eigenvalue weighted by Gasteiger charge is 2.27. The quantitative estimate of drug-likeness (QED) is 0.877. The molecule has 0 aliphatic rings. The van der Waals surface area contributed by atoms with E-state index in [2.05, 4.69) is 0 Å². The normalized spacial score (nSPS) is 11.7. The Hall–Kier alpha value is -1.11. The van der Waals surface area contributed by atoms with Crippen molar-refractivity contribution < 1.29 is 23.1 Å². The van der Waals surface area contributed by atoms with E-state index in [0.29, 0.717) is 0 Å². The molecule has 0 spiro atoms. The van der Waals surface area contributed by atoms with E-state index in [1.54, 1.807) is 0 Å². The Morgan fingerprint density at radius 2 is 2.20 bits per heavy atom. The molecule has 0 atom stereocenters. The summed E-state index contributed by atoms with van der Waals surface area (Å²) in [5.41, 5.74) is -4.27. The van der Waals surface area contributed by atoms with Crippen LogP contribution in [0.5, 0.6) is 0 Å². The summed E-state index contributed by atoms with van der Waals surface area (Å²) in [6.07, 6.45) is 1.44. The molecule has 0 unspecified atom stereocenters. The highest BCUT2D eigenvalue weighted by Crippen LogP contribution is 2.30. The summed E-state index contributed by atoms with van der Waals surface area (Å²) in [5, 5.41) is 8.66.